The van der Waals surface area contributed by atoms with E-state index >= 15 is 0 Å². The number of nitrogens with two attached hydrogens (primary N) is 1. The molecule has 0 aromatic carbocycles. The van der Waals surface area contributed by atoms with Gasteiger partial charge in [-0.15, -0.1) is 0 Å². The summed E-state index contributed by atoms with van der Waals surface area (Å²) >= 11 is 0. The van der Waals surface area contributed by atoms with E-state index in [9.17, 15) is 4.79 Å². The molecule has 4 heteroatoms. The van der Waals surface area contributed by atoms with Crippen LogP contribution in [0.1, 0.15) is 12.8 Å². The van der Waals surface area contributed by atoms with E-state index in [1.807, 2.05) is 0 Å². The van der Waals surface area contributed by atoms with Crippen molar-refractivity contribution in [2.75, 3.05) is 20.3 Å². The molecule has 1 heterocycles. The molecule has 1 rings (SSSR count). The van der Waals surface area contributed by atoms with E-state index in [1.54, 1.807) is 0 Å². The van der Waals surface area contributed by atoms with Crippen LogP contribution < -0.4 is 5.73 Å². The summed E-state index contributed by atoms with van der Waals surface area (Å²) in [6.45, 7) is 0.968. The molecule has 4 nitrogen and oxygen atoms in total. The zero-order chi connectivity index (χ0) is 8.32. The van der Waals surface area contributed by atoms with Crippen molar-refractivity contribution in [3.8, 4) is 0 Å². The highest BCUT2D eigenvalue weighted by atomic mass is 16.5. The predicted octanol–water partition coefficient (Wildman–Crippen LogP) is -0.333. The Balaban J connectivity index is 2.56. The molecule has 11 heavy (non-hydrogen) atoms. The molecule has 0 amide bonds. The predicted molar refractivity (Wildman–Crippen MR) is 39.0 cm³/mol. The average molecular weight is 159 g/mol. The lowest BCUT2D eigenvalue weighted by Gasteiger charge is -2.29. The quantitative estimate of drug-likeness (QED) is 0.532. The van der Waals surface area contributed by atoms with Crippen LogP contribution in [0.3, 0.4) is 0 Å². The Morgan fingerprint density at radius 2 is 2.45 bits per heavy atom. The van der Waals surface area contributed by atoms with Gasteiger partial charge < -0.3 is 15.2 Å². The summed E-state index contributed by atoms with van der Waals surface area (Å²) in [5.74, 6) is -0.378. The molecule has 0 aliphatic carbocycles. The van der Waals surface area contributed by atoms with Gasteiger partial charge >= 0.3 is 5.97 Å². The number of hydrogen-bond donors (Lipinski definition) is 1. The normalized spacial score (nSPS) is 31.5. The Hall–Kier alpha value is -0.610. The Bertz CT molecular complexity index is 152. The molecule has 2 N–H and O–H groups in total. The lowest BCUT2D eigenvalue weighted by atomic mass is 9.94. The first-order valence-corrected chi connectivity index (χ1v) is 3.64. The van der Waals surface area contributed by atoms with Gasteiger partial charge in [0.25, 0.3) is 0 Å². The van der Waals surface area contributed by atoms with Crippen LogP contribution in [0.4, 0.5) is 0 Å². The monoisotopic (exact) mass is 159 g/mol. The number of carbonyl (C=O) groups is 1. The van der Waals surface area contributed by atoms with Gasteiger partial charge in [0.15, 0.2) is 0 Å². The fraction of sp³-hybridized carbons (Fsp3) is 0.857. The first-order valence-electron chi connectivity index (χ1n) is 3.64. The SMILES string of the molecule is COC(=O)C1(N)CCCOC1. The molecule has 1 saturated heterocycles. The topological polar surface area (TPSA) is 61.5 Å². The van der Waals surface area contributed by atoms with Crippen molar-refractivity contribution in [3.05, 3.63) is 0 Å². The summed E-state index contributed by atoms with van der Waals surface area (Å²) < 4.78 is 9.63. The molecule has 0 saturated carbocycles. The Kier molecular flexibility index (Phi) is 2.46. The van der Waals surface area contributed by atoms with Gasteiger partial charge in [0.2, 0.25) is 0 Å². The van der Waals surface area contributed by atoms with Crippen LogP contribution >= 0.6 is 0 Å². The highest BCUT2D eigenvalue weighted by Gasteiger charge is 2.37. The van der Waals surface area contributed by atoms with Crippen LogP contribution in [0, 0.1) is 0 Å². The summed E-state index contributed by atoms with van der Waals surface area (Å²) in [5.41, 5.74) is 4.82. The number of ether oxygens (including phenoxy) is 2. The van der Waals surface area contributed by atoms with E-state index in [1.165, 1.54) is 7.11 Å². The second-order valence-corrected chi connectivity index (χ2v) is 2.80. The molecule has 64 valence electrons. The molecular formula is C7H13NO3. The maximum Gasteiger partial charge on any atom is 0.328 e. The molecule has 1 aliphatic rings. The Morgan fingerprint density at radius 3 is 2.91 bits per heavy atom. The van der Waals surface area contributed by atoms with E-state index in [0.717, 1.165) is 6.42 Å². The van der Waals surface area contributed by atoms with Gasteiger partial charge in [-0.3, -0.25) is 0 Å². The maximum absolute atomic E-state index is 11.1. The molecule has 0 spiro atoms. The van der Waals surface area contributed by atoms with Crippen molar-refractivity contribution in [1.29, 1.82) is 0 Å². The molecule has 1 fully saturated rings. The summed E-state index contributed by atoms with van der Waals surface area (Å²) in [7, 11) is 1.34. The highest BCUT2D eigenvalue weighted by Crippen LogP contribution is 2.17. The van der Waals surface area contributed by atoms with Crippen LogP contribution in [-0.2, 0) is 14.3 Å². The van der Waals surface area contributed by atoms with Gasteiger partial charge in [0.05, 0.1) is 13.7 Å². The van der Waals surface area contributed by atoms with Gasteiger partial charge in [-0.1, -0.05) is 0 Å². The molecule has 0 bridgehead atoms. The van der Waals surface area contributed by atoms with Crippen molar-refractivity contribution >= 4 is 5.97 Å². The third-order valence-corrected chi connectivity index (χ3v) is 1.86. The van der Waals surface area contributed by atoms with Crippen LogP contribution in [0.2, 0.25) is 0 Å². The van der Waals surface area contributed by atoms with Crippen LogP contribution in [0.5, 0.6) is 0 Å². The van der Waals surface area contributed by atoms with Gasteiger partial charge in [0, 0.05) is 6.61 Å². The van der Waals surface area contributed by atoms with Gasteiger partial charge in [0.1, 0.15) is 5.54 Å². The van der Waals surface area contributed by atoms with Crippen LogP contribution in [-0.4, -0.2) is 31.8 Å². The van der Waals surface area contributed by atoms with E-state index in [0.29, 0.717) is 13.0 Å². The highest BCUT2D eigenvalue weighted by molar-refractivity contribution is 5.80. The standard InChI is InChI=1S/C7H13NO3/c1-10-6(9)7(8)3-2-4-11-5-7/h2-5,8H2,1H3. The fourth-order valence-electron chi connectivity index (χ4n) is 1.18. The van der Waals surface area contributed by atoms with E-state index in [4.69, 9.17) is 10.5 Å². The van der Waals surface area contributed by atoms with E-state index in [-0.39, 0.29) is 12.6 Å². The van der Waals surface area contributed by atoms with Crippen molar-refractivity contribution in [2.24, 2.45) is 5.73 Å². The summed E-state index contributed by atoms with van der Waals surface area (Å²) in [6.07, 6.45) is 1.48. The molecular weight excluding hydrogens is 146 g/mol. The van der Waals surface area contributed by atoms with Crippen molar-refractivity contribution in [1.82, 2.24) is 0 Å². The van der Waals surface area contributed by atoms with Crippen molar-refractivity contribution in [2.45, 2.75) is 18.4 Å². The third-order valence-electron chi connectivity index (χ3n) is 1.86. The van der Waals surface area contributed by atoms with Crippen LogP contribution in [0.25, 0.3) is 0 Å². The van der Waals surface area contributed by atoms with Gasteiger partial charge in [-0.05, 0) is 12.8 Å². The lowest BCUT2D eigenvalue weighted by Crippen LogP contribution is -2.54. The number of esters is 1. The second-order valence-electron chi connectivity index (χ2n) is 2.80. The first kappa shape index (κ1) is 8.49. The van der Waals surface area contributed by atoms with Gasteiger partial charge in [-0.2, -0.15) is 0 Å². The smallest absolute Gasteiger partial charge is 0.328 e. The Labute approximate surface area is 65.7 Å². The largest absolute Gasteiger partial charge is 0.468 e. The molecule has 0 aromatic rings. The molecule has 0 radical (unpaired) electrons. The molecule has 0 aromatic heterocycles. The number of methoxy groups -OCH3 is 1. The second kappa shape index (κ2) is 3.19. The Morgan fingerprint density at radius 1 is 1.73 bits per heavy atom. The third kappa shape index (κ3) is 1.70. The summed E-state index contributed by atoms with van der Waals surface area (Å²) in [6, 6.07) is 0. The number of rotatable bonds is 1. The molecule has 1 unspecified atom stereocenters. The molecule has 1 atom stereocenters. The van der Waals surface area contributed by atoms with E-state index in [2.05, 4.69) is 4.74 Å². The van der Waals surface area contributed by atoms with Gasteiger partial charge in [-0.25, -0.2) is 4.79 Å². The fourth-order valence-corrected chi connectivity index (χ4v) is 1.18. The lowest BCUT2D eigenvalue weighted by molar-refractivity contribution is -0.152. The number of hydrogen-bond acceptors (Lipinski definition) is 4. The minimum Gasteiger partial charge on any atom is -0.468 e. The van der Waals surface area contributed by atoms with E-state index < -0.39 is 5.54 Å². The minimum atomic E-state index is -0.896. The zero-order valence-corrected chi connectivity index (χ0v) is 6.63. The summed E-state index contributed by atoms with van der Waals surface area (Å²) in [4.78, 5) is 11.1. The van der Waals surface area contributed by atoms with Crippen molar-refractivity contribution in [3.63, 3.8) is 0 Å². The minimum absolute atomic E-state index is 0.277. The first-order chi connectivity index (χ1) is 5.19. The maximum atomic E-state index is 11.1. The molecule has 1 aliphatic heterocycles. The number of carbonyl (C=O) groups excluding carboxylic acids is 1. The average Bonchev–Trinajstić information content (AvgIpc) is 2.04. The van der Waals surface area contributed by atoms with Crippen molar-refractivity contribution < 1.29 is 14.3 Å². The zero-order valence-electron chi connectivity index (χ0n) is 6.63. The summed E-state index contributed by atoms with van der Waals surface area (Å²) in [5, 5.41) is 0. The van der Waals surface area contributed by atoms with Crippen LogP contribution in [0.15, 0.2) is 0 Å².